The molecule has 0 spiro atoms. The highest BCUT2D eigenvalue weighted by Crippen LogP contribution is 2.62. The fourth-order valence-electron chi connectivity index (χ4n) is 6.70. The molecule has 1 aromatic carbocycles. The highest BCUT2D eigenvalue weighted by atomic mass is 15.2. The Labute approximate surface area is 199 Å². The summed E-state index contributed by atoms with van der Waals surface area (Å²) in [6.45, 7) is 23.9. The van der Waals surface area contributed by atoms with E-state index in [1.54, 1.807) is 0 Å². The van der Waals surface area contributed by atoms with Gasteiger partial charge in [0.25, 0.3) is 5.70 Å². The first-order valence-electron chi connectivity index (χ1n) is 12.3. The number of benzene rings is 1. The predicted molar refractivity (Wildman–Crippen MR) is 136 cm³/mol. The summed E-state index contributed by atoms with van der Waals surface area (Å²) in [5, 5.41) is 9.50. The van der Waals surface area contributed by atoms with Crippen LogP contribution in [-0.4, -0.2) is 13.1 Å². The van der Waals surface area contributed by atoms with E-state index in [2.05, 4.69) is 87.7 Å². The van der Waals surface area contributed by atoms with Crippen molar-refractivity contribution in [1.82, 2.24) is 0 Å². The molecule has 1 fully saturated rings. The minimum atomic E-state index is 0.100. The van der Waals surface area contributed by atoms with E-state index in [1.165, 1.54) is 40.8 Å². The molecule has 2 heterocycles. The van der Waals surface area contributed by atoms with Gasteiger partial charge >= 0.3 is 0 Å². The first kappa shape index (κ1) is 22.0. The summed E-state index contributed by atoms with van der Waals surface area (Å²) in [4.78, 5) is 6.15. The van der Waals surface area contributed by atoms with Gasteiger partial charge in [-0.15, -0.1) is 0 Å². The van der Waals surface area contributed by atoms with Crippen LogP contribution in [0.15, 0.2) is 41.1 Å². The molecular formula is C30H35N3. The third-order valence-corrected chi connectivity index (χ3v) is 9.25. The third kappa shape index (κ3) is 3.20. The van der Waals surface area contributed by atoms with Gasteiger partial charge in [0, 0.05) is 18.8 Å². The van der Waals surface area contributed by atoms with Crippen molar-refractivity contribution in [1.29, 1.82) is 5.26 Å². The molecule has 170 valence electrons. The van der Waals surface area contributed by atoms with E-state index >= 15 is 0 Å². The van der Waals surface area contributed by atoms with E-state index in [-0.39, 0.29) is 21.9 Å². The number of allylic oxidation sites excluding steroid dienone is 5. The van der Waals surface area contributed by atoms with Crippen molar-refractivity contribution in [2.45, 2.75) is 71.6 Å². The topological polar surface area (TPSA) is 31.4 Å². The van der Waals surface area contributed by atoms with Gasteiger partial charge in [-0.3, -0.25) is 0 Å². The van der Waals surface area contributed by atoms with Crippen LogP contribution in [0.4, 0.5) is 5.69 Å². The molecule has 3 aliphatic carbocycles. The van der Waals surface area contributed by atoms with E-state index in [0.717, 1.165) is 25.1 Å². The third-order valence-electron chi connectivity index (χ3n) is 9.25. The highest BCUT2D eigenvalue weighted by Gasteiger charge is 2.53. The first-order valence-corrected chi connectivity index (χ1v) is 12.3. The number of rotatable bonds is 2. The van der Waals surface area contributed by atoms with Crippen molar-refractivity contribution in [2.24, 2.45) is 17.3 Å². The summed E-state index contributed by atoms with van der Waals surface area (Å²) in [6, 6.07) is 6.97. The molecule has 0 amide bonds. The molecule has 0 N–H and O–H groups in total. The molecule has 2 unspecified atom stereocenters. The van der Waals surface area contributed by atoms with Crippen molar-refractivity contribution in [3.8, 4) is 6.07 Å². The average Bonchev–Trinajstić information content (AvgIpc) is 2.77. The van der Waals surface area contributed by atoms with Gasteiger partial charge < -0.3 is 4.90 Å². The monoisotopic (exact) mass is 437 g/mol. The van der Waals surface area contributed by atoms with Crippen molar-refractivity contribution in [3.63, 3.8) is 0 Å². The van der Waals surface area contributed by atoms with Crippen molar-refractivity contribution in [2.75, 3.05) is 18.0 Å². The quantitative estimate of drug-likeness (QED) is 0.363. The van der Waals surface area contributed by atoms with Gasteiger partial charge in [0.05, 0.1) is 12.6 Å². The molecule has 2 aliphatic heterocycles. The molecular weight excluding hydrogens is 402 g/mol. The van der Waals surface area contributed by atoms with Crippen LogP contribution in [0.1, 0.15) is 77.5 Å². The van der Waals surface area contributed by atoms with Crippen molar-refractivity contribution < 1.29 is 0 Å². The summed E-state index contributed by atoms with van der Waals surface area (Å²) in [5.74, 6) is 0.816. The number of nitriles is 1. The fourth-order valence-corrected chi connectivity index (χ4v) is 6.70. The van der Waals surface area contributed by atoms with Crippen LogP contribution >= 0.6 is 0 Å². The van der Waals surface area contributed by atoms with Gasteiger partial charge in [0.2, 0.25) is 0 Å². The summed E-state index contributed by atoms with van der Waals surface area (Å²) in [5.41, 5.74) is 8.66. The van der Waals surface area contributed by atoms with Gasteiger partial charge in [-0.25, -0.2) is 10.1 Å². The second-order valence-corrected chi connectivity index (χ2v) is 12.4. The van der Waals surface area contributed by atoms with E-state index in [4.69, 9.17) is 6.57 Å². The minimum absolute atomic E-state index is 0.100. The lowest BCUT2D eigenvalue weighted by molar-refractivity contribution is 0.0261. The summed E-state index contributed by atoms with van der Waals surface area (Å²) in [6.07, 6.45) is 10.1. The van der Waals surface area contributed by atoms with E-state index in [1.807, 2.05) is 0 Å². The van der Waals surface area contributed by atoms with E-state index < -0.39 is 0 Å². The van der Waals surface area contributed by atoms with Gasteiger partial charge in [0.15, 0.2) is 0 Å². The van der Waals surface area contributed by atoms with Gasteiger partial charge in [-0.2, -0.15) is 0 Å². The molecule has 1 saturated carbocycles. The molecule has 5 aliphatic rings. The van der Waals surface area contributed by atoms with Crippen LogP contribution in [0, 0.1) is 35.2 Å². The highest BCUT2D eigenvalue weighted by molar-refractivity contribution is 5.72. The number of anilines is 1. The van der Waals surface area contributed by atoms with Crippen LogP contribution < -0.4 is 4.90 Å². The van der Waals surface area contributed by atoms with Crippen molar-refractivity contribution in [3.05, 3.63) is 69.2 Å². The van der Waals surface area contributed by atoms with Gasteiger partial charge in [-0.05, 0) is 87.3 Å². The number of fused-ring (bicyclic) bond motifs is 1. The lowest BCUT2D eigenvalue weighted by Gasteiger charge is -2.57. The number of hydrogen-bond donors (Lipinski definition) is 0. The second kappa shape index (κ2) is 7.11. The number of hydrogen-bond acceptors (Lipinski definition) is 2. The van der Waals surface area contributed by atoms with Crippen LogP contribution in [0.5, 0.6) is 0 Å². The summed E-state index contributed by atoms with van der Waals surface area (Å²) in [7, 11) is 0. The molecule has 3 nitrogen and oxygen atoms in total. The zero-order chi connectivity index (χ0) is 23.8. The van der Waals surface area contributed by atoms with Crippen molar-refractivity contribution >= 4 is 11.8 Å². The largest absolute Gasteiger partial charge is 0.371 e. The SMILES string of the molecule is [C-]#[N+]C(C#N)=C1C=C(C=Cc2cc3c4c(c2)C(C)(C)CCN4CCC3(C)C)C2CC1C2(C)C. The molecule has 6 rings (SSSR count). The normalized spacial score (nSPS) is 29.3. The maximum absolute atomic E-state index is 9.50. The van der Waals surface area contributed by atoms with E-state index in [9.17, 15) is 5.26 Å². The minimum Gasteiger partial charge on any atom is -0.371 e. The van der Waals surface area contributed by atoms with Crippen LogP contribution in [-0.2, 0) is 10.8 Å². The zero-order valence-electron chi connectivity index (χ0n) is 20.9. The Morgan fingerprint density at radius 1 is 1.03 bits per heavy atom. The Bertz CT molecular complexity index is 1150. The lowest BCUT2D eigenvalue weighted by Crippen LogP contribution is -2.49. The second-order valence-electron chi connectivity index (χ2n) is 12.4. The summed E-state index contributed by atoms with van der Waals surface area (Å²) < 4.78 is 0. The fraction of sp³-hybridized carbons (Fsp3) is 0.533. The van der Waals surface area contributed by atoms with Gasteiger partial charge in [-0.1, -0.05) is 59.8 Å². The first-order chi connectivity index (χ1) is 15.5. The molecule has 1 aromatic rings. The molecule has 0 aromatic heterocycles. The standard InChI is InChI=1S/C30H35N3/c1-28(2)10-12-33-13-11-29(3,4)25-15-19(14-24(28)27(25)33)8-9-20-16-21(26(18-31)32-7)23-17-22(20)30(23,5)6/h8-9,14-16,22-23H,10-13,17H2,1-6H3. The molecule has 2 atom stereocenters. The molecule has 0 saturated heterocycles. The van der Waals surface area contributed by atoms with Crippen LogP contribution in [0.3, 0.4) is 0 Å². The Kier molecular flexibility index (Phi) is 4.75. The maximum atomic E-state index is 9.50. The zero-order valence-corrected chi connectivity index (χ0v) is 20.9. The Hall–Kier alpha value is -2.78. The Morgan fingerprint density at radius 2 is 1.64 bits per heavy atom. The van der Waals surface area contributed by atoms with Gasteiger partial charge in [0.1, 0.15) is 0 Å². The van der Waals surface area contributed by atoms with Crippen LogP contribution in [0.25, 0.3) is 10.9 Å². The smallest absolute Gasteiger partial charge is 0.265 e. The Morgan fingerprint density at radius 3 is 2.15 bits per heavy atom. The van der Waals surface area contributed by atoms with Crippen LogP contribution in [0.2, 0.25) is 0 Å². The maximum Gasteiger partial charge on any atom is 0.265 e. The van der Waals surface area contributed by atoms with E-state index in [0.29, 0.717) is 11.8 Å². The average molecular weight is 438 g/mol. The predicted octanol–water partition coefficient (Wildman–Crippen LogP) is 7.17. The molecule has 0 radical (unpaired) electrons. The molecule has 33 heavy (non-hydrogen) atoms. The number of nitrogens with zero attached hydrogens (tertiary/aromatic N) is 3. The lowest BCUT2D eigenvalue weighted by atomic mass is 9.47. The molecule has 2 bridgehead atoms. The summed E-state index contributed by atoms with van der Waals surface area (Å²) >= 11 is 0. The molecule has 3 heteroatoms. The Balaban J connectivity index is 1.60.